The van der Waals surface area contributed by atoms with Gasteiger partial charge in [0.1, 0.15) is 0 Å². The van der Waals surface area contributed by atoms with E-state index in [-0.39, 0.29) is 15.1 Å². The lowest BCUT2D eigenvalue weighted by atomic mass is 10.3. The zero-order valence-corrected chi connectivity index (χ0v) is 19.1. The average molecular weight is 684 g/mol. The Labute approximate surface area is 163 Å². The molecule has 0 amide bonds. The van der Waals surface area contributed by atoms with Gasteiger partial charge in [0.25, 0.3) is 0 Å². The third-order valence-corrected chi connectivity index (χ3v) is 5.12. The molecule has 0 N–H and O–H groups in total. The molecule has 0 aliphatic carbocycles. The van der Waals surface area contributed by atoms with Gasteiger partial charge >= 0.3 is 0 Å². The molecule has 10 heteroatoms. The molecule has 0 atom stereocenters. The van der Waals surface area contributed by atoms with Gasteiger partial charge in [0, 0.05) is 0 Å². The van der Waals surface area contributed by atoms with E-state index in [0.717, 1.165) is 0 Å². The van der Waals surface area contributed by atoms with Crippen LogP contribution in [0, 0.1) is 0 Å². The minimum atomic E-state index is -0.786. The molecule has 1 aromatic rings. The Hall–Kier alpha value is 2.90. The maximum Gasteiger partial charge on any atom is 0.178 e. The van der Waals surface area contributed by atoms with Crippen LogP contribution < -0.4 is 0 Å². The highest BCUT2D eigenvalue weighted by molar-refractivity contribution is 9.39. The van der Waals surface area contributed by atoms with E-state index < -0.39 is 4.29 Å². The third-order valence-electron chi connectivity index (χ3n) is 1.56. The number of nitrogens with zero attached hydrogens (tertiary/aromatic N) is 1. The van der Waals surface area contributed by atoms with Crippen molar-refractivity contribution in [1.29, 1.82) is 0 Å². The summed E-state index contributed by atoms with van der Waals surface area (Å²) in [6, 6.07) is 0. The summed E-state index contributed by atoms with van der Waals surface area (Å²) in [5, 5.41) is 0.726. The molecule has 1 rings (SSSR count). The van der Waals surface area contributed by atoms with Crippen molar-refractivity contribution in [1.82, 2.24) is 4.98 Å². The Bertz CT molecular complexity index is 414. The van der Waals surface area contributed by atoms with Gasteiger partial charge in [-0.25, -0.2) is 4.98 Å². The maximum atomic E-state index is 6.09. The number of rotatable bonds is 0. The van der Waals surface area contributed by atoms with Crippen LogP contribution >= 0.6 is 130 Å². The first kappa shape index (κ1) is 18.0. The molecule has 0 spiro atoms. The summed E-state index contributed by atoms with van der Waals surface area (Å²) in [4.78, 5) is 4.35. The van der Waals surface area contributed by atoms with E-state index in [1.165, 1.54) is 0 Å². The largest absolute Gasteiger partial charge is 0.248 e. The third kappa shape index (κ3) is 4.43. The van der Waals surface area contributed by atoms with Crippen molar-refractivity contribution in [2.75, 3.05) is 0 Å². The lowest BCUT2D eigenvalue weighted by molar-refractivity contribution is 1.06. The number of aromatic nitrogens is 1. The number of halogens is 9. The van der Waals surface area contributed by atoms with Crippen molar-refractivity contribution in [3.05, 3.63) is 26.5 Å². The maximum absolute atomic E-state index is 6.09. The topological polar surface area (TPSA) is 12.9 Å². The van der Waals surface area contributed by atoms with Crippen molar-refractivity contribution >= 4 is 130 Å². The van der Waals surface area contributed by atoms with E-state index in [1.807, 2.05) is 0 Å². The molecule has 0 saturated carbocycles. The fraction of sp³-hybridized carbons (Fsp3) is 0.286. The van der Waals surface area contributed by atoms with Gasteiger partial charge in [-0.2, -0.15) is 0 Å². The van der Waals surface area contributed by atoms with Gasteiger partial charge < -0.3 is 0 Å². The Balaban J connectivity index is 3.63. The fourth-order valence-corrected chi connectivity index (χ4v) is 4.08. The summed E-state index contributed by atoms with van der Waals surface area (Å²) in [7, 11) is 0. The predicted octanol–water partition coefficient (Wildman–Crippen LogP) is 7.63. The van der Waals surface area contributed by atoms with Crippen molar-refractivity contribution in [3.63, 3.8) is 0 Å². The normalized spacial score (nSPS) is 13.0. The number of alkyl halides is 6. The monoisotopic (exact) mass is 676 g/mol. The van der Waals surface area contributed by atoms with Crippen LogP contribution in [-0.4, -0.2) is 4.98 Å². The average Bonchev–Trinajstić information content (AvgIpc) is 2.10. The van der Waals surface area contributed by atoms with Crippen LogP contribution in [0.5, 0.6) is 0 Å². The van der Waals surface area contributed by atoms with Crippen LogP contribution in [0.4, 0.5) is 0 Å². The molecular weight excluding hydrogens is 684 g/mol. The van der Waals surface area contributed by atoms with E-state index in [1.54, 1.807) is 0 Å². The Morgan fingerprint density at radius 3 is 1.18 bits per heavy atom. The van der Waals surface area contributed by atoms with Gasteiger partial charge in [0.2, 0.25) is 0 Å². The van der Waals surface area contributed by atoms with Crippen molar-refractivity contribution in [2.45, 2.75) is 4.29 Å². The first-order valence-electron chi connectivity index (χ1n) is 3.65. The van der Waals surface area contributed by atoms with Crippen LogP contribution in [0.2, 0.25) is 15.1 Å². The van der Waals surface area contributed by atoms with E-state index in [2.05, 4.69) is 101 Å². The van der Waals surface area contributed by atoms with Gasteiger partial charge in [-0.05, 0) is 0 Å². The quantitative estimate of drug-likeness (QED) is 0.257. The number of hydrogen-bond acceptors (Lipinski definition) is 1. The van der Waals surface area contributed by atoms with Gasteiger partial charge in [-0.15, -0.1) is 0 Å². The van der Waals surface area contributed by atoms with Gasteiger partial charge in [-0.3, -0.25) is 0 Å². The fourth-order valence-electron chi connectivity index (χ4n) is 0.890. The Kier molecular flexibility index (Phi) is 6.70. The minimum absolute atomic E-state index is 0.221. The molecule has 96 valence electrons. The Morgan fingerprint density at radius 2 is 0.941 bits per heavy atom. The molecule has 0 bridgehead atoms. The zero-order valence-electron chi connectivity index (χ0n) is 7.35. The highest BCUT2D eigenvalue weighted by Crippen LogP contribution is 2.53. The van der Waals surface area contributed by atoms with E-state index in [4.69, 9.17) is 34.8 Å². The van der Waals surface area contributed by atoms with E-state index in [9.17, 15) is 0 Å². The zero-order chi connectivity index (χ0) is 13.6. The van der Waals surface area contributed by atoms with Gasteiger partial charge in [0.05, 0.1) is 26.5 Å². The summed E-state index contributed by atoms with van der Waals surface area (Å²) in [6.45, 7) is 0. The highest BCUT2D eigenvalue weighted by atomic mass is 80.0. The minimum Gasteiger partial charge on any atom is -0.248 e. The van der Waals surface area contributed by atoms with Crippen molar-refractivity contribution in [3.8, 4) is 0 Å². The first-order chi connectivity index (χ1) is 7.46. The molecule has 0 aliphatic rings. The second-order valence-electron chi connectivity index (χ2n) is 2.75. The van der Waals surface area contributed by atoms with Crippen LogP contribution in [0.3, 0.4) is 0 Å². The van der Waals surface area contributed by atoms with E-state index >= 15 is 0 Å². The second kappa shape index (κ2) is 6.34. The lowest BCUT2D eigenvalue weighted by Crippen LogP contribution is -2.11. The predicted molar refractivity (Wildman–Crippen MR) is 96.2 cm³/mol. The second-order valence-corrected chi connectivity index (χ2v) is 17.4. The van der Waals surface area contributed by atoms with Crippen LogP contribution in [0.1, 0.15) is 11.4 Å². The molecule has 0 saturated heterocycles. The molecule has 0 aliphatic heterocycles. The molecule has 1 aromatic heterocycles. The standard InChI is InChI=1S/C7Br6Cl3N/c8-6(9,10)4-2(15)1(14)3(16)5(17-4)7(11,12)13. The van der Waals surface area contributed by atoms with Crippen LogP contribution in [0.25, 0.3) is 0 Å². The highest BCUT2D eigenvalue weighted by Gasteiger charge is 2.34. The van der Waals surface area contributed by atoms with Crippen LogP contribution in [-0.2, 0) is 4.29 Å². The number of hydrogen-bond donors (Lipinski definition) is 0. The molecule has 1 heterocycles. The molecule has 0 unspecified atom stereocenters. The molecular formula is C7Br6Cl3N. The number of pyridine rings is 1. The summed E-state index contributed by atoms with van der Waals surface area (Å²) < 4.78 is -1.57. The molecule has 0 radical (unpaired) electrons. The SMILES string of the molecule is Clc1c(C(Br)(Br)Br)nc(C(Br)(Br)Br)c(Cl)c1Cl. The first-order valence-corrected chi connectivity index (χ1v) is 9.54. The van der Waals surface area contributed by atoms with Gasteiger partial charge in [0.15, 0.2) is 4.29 Å². The molecule has 0 fully saturated rings. The Morgan fingerprint density at radius 1 is 0.647 bits per heavy atom. The van der Waals surface area contributed by atoms with Crippen LogP contribution in [0.15, 0.2) is 0 Å². The summed E-state index contributed by atoms with van der Waals surface area (Å²) in [5.74, 6) is 0. The van der Waals surface area contributed by atoms with Gasteiger partial charge in [-0.1, -0.05) is 130 Å². The molecule has 17 heavy (non-hydrogen) atoms. The lowest BCUT2D eigenvalue weighted by Gasteiger charge is -2.20. The summed E-state index contributed by atoms with van der Waals surface area (Å²) in [6.07, 6.45) is 0. The van der Waals surface area contributed by atoms with Crippen molar-refractivity contribution in [2.24, 2.45) is 0 Å². The summed E-state index contributed by atoms with van der Waals surface area (Å²) in [5.41, 5.74) is 0.901. The molecule has 1 nitrogen and oxygen atoms in total. The molecule has 0 aromatic carbocycles. The smallest absolute Gasteiger partial charge is 0.178 e. The van der Waals surface area contributed by atoms with Crippen molar-refractivity contribution < 1.29 is 0 Å². The van der Waals surface area contributed by atoms with E-state index in [0.29, 0.717) is 11.4 Å². The summed E-state index contributed by atoms with van der Waals surface area (Å²) >= 11 is 38.3.